The van der Waals surface area contributed by atoms with Gasteiger partial charge in [0.05, 0.1) is 16.1 Å². The van der Waals surface area contributed by atoms with Crippen molar-refractivity contribution in [2.45, 2.75) is 30.2 Å². The highest BCUT2D eigenvalue weighted by Gasteiger charge is 2.34. The minimum atomic E-state index is -3.94. The molecule has 11 heteroatoms. The maximum absolute atomic E-state index is 13.7. The van der Waals surface area contributed by atoms with Crippen molar-refractivity contribution in [3.63, 3.8) is 0 Å². The summed E-state index contributed by atoms with van der Waals surface area (Å²) >= 11 is 5.89. The molecular weight excluding hydrogens is 502 g/mol. The van der Waals surface area contributed by atoms with Crippen LogP contribution in [0.5, 0.6) is 0 Å². The van der Waals surface area contributed by atoms with Crippen LogP contribution in [0.15, 0.2) is 82.5 Å². The molecule has 0 aliphatic carbocycles. The number of halogens is 1. The first-order valence-electron chi connectivity index (χ1n) is 11.3. The van der Waals surface area contributed by atoms with Gasteiger partial charge in [0.25, 0.3) is 15.9 Å². The SMILES string of the molecule is O=C(c1ccccc1NS(=O)(=O)c1ccc(Cl)cc1)N1CCCCC1c1nc(-c2ccncc2)no1. The Balaban J connectivity index is 1.43. The van der Waals surface area contributed by atoms with Crippen LogP contribution in [-0.2, 0) is 10.0 Å². The highest BCUT2D eigenvalue weighted by Crippen LogP contribution is 2.34. The lowest BCUT2D eigenvalue weighted by Gasteiger charge is -2.33. The molecule has 1 aliphatic heterocycles. The second-order valence-corrected chi connectivity index (χ2v) is 10.4. The van der Waals surface area contributed by atoms with Crippen LogP contribution in [0.4, 0.5) is 5.69 Å². The summed E-state index contributed by atoms with van der Waals surface area (Å²) in [6.07, 6.45) is 5.65. The van der Waals surface area contributed by atoms with Gasteiger partial charge in [-0.05, 0) is 67.8 Å². The summed E-state index contributed by atoms with van der Waals surface area (Å²) in [5.74, 6) is 0.438. The van der Waals surface area contributed by atoms with E-state index in [-0.39, 0.29) is 22.1 Å². The average molecular weight is 524 g/mol. The van der Waals surface area contributed by atoms with E-state index < -0.39 is 16.1 Å². The second kappa shape index (κ2) is 10.1. The maximum atomic E-state index is 13.7. The van der Waals surface area contributed by atoms with E-state index in [1.165, 1.54) is 24.3 Å². The van der Waals surface area contributed by atoms with E-state index in [4.69, 9.17) is 16.1 Å². The van der Waals surface area contributed by atoms with Gasteiger partial charge in [-0.3, -0.25) is 14.5 Å². The summed E-state index contributed by atoms with van der Waals surface area (Å²) in [6.45, 7) is 0.481. The Hall–Kier alpha value is -3.76. The molecule has 5 rings (SSSR count). The van der Waals surface area contributed by atoms with Gasteiger partial charge in [0.15, 0.2) is 0 Å². The molecule has 0 saturated carbocycles. The molecule has 1 atom stereocenters. The maximum Gasteiger partial charge on any atom is 0.261 e. The number of hydrogen-bond acceptors (Lipinski definition) is 7. The van der Waals surface area contributed by atoms with Gasteiger partial charge in [0.2, 0.25) is 11.7 Å². The molecule has 3 heterocycles. The monoisotopic (exact) mass is 523 g/mol. The van der Waals surface area contributed by atoms with Crippen molar-refractivity contribution in [1.82, 2.24) is 20.0 Å². The van der Waals surface area contributed by atoms with Crippen LogP contribution < -0.4 is 4.72 Å². The van der Waals surface area contributed by atoms with Gasteiger partial charge in [-0.15, -0.1) is 0 Å². The Morgan fingerprint density at radius 2 is 1.78 bits per heavy atom. The average Bonchev–Trinajstić information content (AvgIpc) is 3.40. The van der Waals surface area contributed by atoms with E-state index in [2.05, 4.69) is 19.8 Å². The van der Waals surface area contributed by atoms with Crippen LogP contribution in [0.1, 0.15) is 41.6 Å². The van der Waals surface area contributed by atoms with E-state index in [0.29, 0.717) is 29.7 Å². The van der Waals surface area contributed by atoms with Gasteiger partial charge in [-0.1, -0.05) is 28.9 Å². The molecular formula is C25H22ClN5O4S. The number of carbonyl (C=O) groups is 1. The second-order valence-electron chi connectivity index (χ2n) is 8.31. The number of nitrogens with zero attached hydrogens (tertiary/aromatic N) is 4. The Kier molecular flexibility index (Phi) is 6.71. The third-order valence-corrected chi connectivity index (χ3v) is 7.59. The molecule has 1 aliphatic rings. The summed E-state index contributed by atoms with van der Waals surface area (Å²) < 4.78 is 34.0. The highest BCUT2D eigenvalue weighted by molar-refractivity contribution is 7.92. The number of nitrogens with one attached hydrogen (secondary N) is 1. The zero-order valence-corrected chi connectivity index (χ0v) is 20.6. The molecule has 2 aromatic carbocycles. The summed E-state index contributed by atoms with van der Waals surface area (Å²) in [5, 5.41) is 4.51. The van der Waals surface area contributed by atoms with Crippen molar-refractivity contribution < 1.29 is 17.7 Å². The fourth-order valence-electron chi connectivity index (χ4n) is 4.15. The van der Waals surface area contributed by atoms with Gasteiger partial charge in [-0.25, -0.2) is 8.42 Å². The molecule has 1 saturated heterocycles. The lowest BCUT2D eigenvalue weighted by molar-refractivity contribution is 0.0562. The lowest BCUT2D eigenvalue weighted by atomic mass is 10.00. The molecule has 36 heavy (non-hydrogen) atoms. The summed E-state index contributed by atoms with van der Waals surface area (Å²) in [4.78, 5) is 24.0. The number of anilines is 1. The Labute approximate surface area is 213 Å². The standard InChI is InChI=1S/C25H22ClN5O4S/c26-18-8-10-19(11-9-18)36(33,34)30-21-6-2-1-5-20(21)25(32)31-16-4-3-7-22(31)24-28-23(29-35-24)17-12-14-27-15-13-17/h1-2,5-6,8-15,22,30H,3-4,7,16H2. The number of benzene rings is 2. The van der Waals surface area contributed by atoms with Crippen LogP contribution in [-0.4, -0.2) is 40.9 Å². The van der Waals surface area contributed by atoms with Gasteiger partial charge < -0.3 is 9.42 Å². The minimum Gasteiger partial charge on any atom is -0.337 e. The predicted octanol–water partition coefficient (Wildman–Crippen LogP) is 4.95. The van der Waals surface area contributed by atoms with E-state index in [0.717, 1.165) is 18.4 Å². The molecule has 0 spiro atoms. The number of likely N-dealkylation sites (tertiary alicyclic amines) is 1. The summed E-state index contributed by atoms with van der Waals surface area (Å²) in [7, 11) is -3.94. The van der Waals surface area contributed by atoms with Gasteiger partial charge in [0, 0.05) is 29.5 Å². The third-order valence-electron chi connectivity index (χ3n) is 5.95. The topological polar surface area (TPSA) is 118 Å². The first-order chi connectivity index (χ1) is 17.4. The Morgan fingerprint density at radius 3 is 2.56 bits per heavy atom. The van der Waals surface area contributed by atoms with Crippen molar-refractivity contribution in [3.05, 3.63) is 89.5 Å². The quantitative estimate of drug-likeness (QED) is 0.379. The first-order valence-corrected chi connectivity index (χ1v) is 13.2. The zero-order valence-electron chi connectivity index (χ0n) is 19.0. The minimum absolute atomic E-state index is 0.0412. The largest absolute Gasteiger partial charge is 0.337 e. The number of aromatic nitrogens is 3. The molecule has 1 N–H and O–H groups in total. The van der Waals surface area contributed by atoms with Crippen molar-refractivity contribution in [1.29, 1.82) is 0 Å². The molecule has 0 radical (unpaired) electrons. The van der Waals surface area contributed by atoms with E-state index in [9.17, 15) is 13.2 Å². The highest BCUT2D eigenvalue weighted by atomic mass is 35.5. The van der Waals surface area contributed by atoms with Gasteiger partial charge in [-0.2, -0.15) is 4.98 Å². The number of pyridine rings is 1. The van der Waals surface area contributed by atoms with Gasteiger partial charge in [0.1, 0.15) is 6.04 Å². The molecule has 1 amide bonds. The van der Waals surface area contributed by atoms with E-state index in [1.54, 1.807) is 53.7 Å². The third kappa shape index (κ3) is 4.95. The molecule has 184 valence electrons. The van der Waals surface area contributed by atoms with Crippen LogP contribution >= 0.6 is 11.6 Å². The zero-order chi connectivity index (χ0) is 25.1. The van der Waals surface area contributed by atoms with Crippen LogP contribution in [0.25, 0.3) is 11.4 Å². The first kappa shape index (κ1) is 24.0. The van der Waals surface area contributed by atoms with Crippen molar-refractivity contribution >= 4 is 33.2 Å². The Morgan fingerprint density at radius 1 is 1.03 bits per heavy atom. The number of para-hydroxylation sites is 1. The van der Waals surface area contributed by atoms with Crippen LogP contribution in [0, 0.1) is 0 Å². The number of sulfonamides is 1. The predicted molar refractivity (Wildman–Crippen MR) is 134 cm³/mol. The fourth-order valence-corrected chi connectivity index (χ4v) is 5.36. The fraction of sp³-hybridized carbons (Fsp3) is 0.200. The van der Waals surface area contributed by atoms with Crippen molar-refractivity contribution in [2.75, 3.05) is 11.3 Å². The molecule has 9 nitrogen and oxygen atoms in total. The Bertz CT molecular complexity index is 1480. The van der Waals surface area contributed by atoms with Crippen molar-refractivity contribution in [2.24, 2.45) is 0 Å². The van der Waals surface area contributed by atoms with Gasteiger partial charge >= 0.3 is 0 Å². The van der Waals surface area contributed by atoms with Crippen LogP contribution in [0.3, 0.4) is 0 Å². The molecule has 4 aromatic rings. The number of carbonyl (C=O) groups excluding carboxylic acids is 1. The van der Waals surface area contributed by atoms with E-state index >= 15 is 0 Å². The van der Waals surface area contributed by atoms with E-state index in [1.807, 2.05) is 0 Å². The lowest BCUT2D eigenvalue weighted by Crippen LogP contribution is -2.39. The number of hydrogen-bond donors (Lipinski definition) is 1. The summed E-state index contributed by atoms with van der Waals surface area (Å²) in [6, 6.07) is 15.5. The normalized spacial score (nSPS) is 16.0. The molecule has 2 aromatic heterocycles. The number of rotatable bonds is 6. The number of amides is 1. The summed E-state index contributed by atoms with van der Waals surface area (Å²) in [5.41, 5.74) is 1.18. The molecule has 1 unspecified atom stereocenters. The molecule has 1 fully saturated rings. The smallest absolute Gasteiger partial charge is 0.261 e. The van der Waals surface area contributed by atoms with Crippen LogP contribution in [0.2, 0.25) is 5.02 Å². The molecule has 0 bridgehead atoms. The van der Waals surface area contributed by atoms with Crippen molar-refractivity contribution in [3.8, 4) is 11.4 Å². The number of piperidine rings is 1.